The molecule has 1 aliphatic carbocycles. The number of hydrogen-bond donors (Lipinski definition) is 2. The summed E-state index contributed by atoms with van der Waals surface area (Å²) in [5.74, 6) is 0.411. The van der Waals surface area contributed by atoms with Gasteiger partial charge < -0.3 is 20.0 Å². The average Bonchev–Trinajstić information content (AvgIpc) is 3.03. The van der Waals surface area contributed by atoms with E-state index in [1.807, 2.05) is 0 Å². The first-order valence-corrected chi connectivity index (χ1v) is 7.05. The van der Waals surface area contributed by atoms with Crippen molar-refractivity contribution >= 4 is 11.4 Å². The van der Waals surface area contributed by atoms with Crippen molar-refractivity contribution in [2.45, 2.75) is 50.7 Å². The fraction of sp³-hybridized carbons (Fsp3) is 0.571. The zero-order chi connectivity index (χ0) is 15.3. The van der Waals surface area contributed by atoms with E-state index in [9.17, 15) is 15.6 Å². The van der Waals surface area contributed by atoms with Crippen molar-refractivity contribution in [1.29, 1.82) is 0 Å². The molecule has 7 nitrogen and oxygen atoms in total. The highest BCUT2D eigenvalue weighted by atomic mass is 16.6. The van der Waals surface area contributed by atoms with E-state index in [1.54, 1.807) is 26.0 Å². The minimum Gasteiger partial charge on any atom is -0.622 e. The van der Waals surface area contributed by atoms with E-state index in [-0.39, 0.29) is 0 Å². The molecular weight excluding hydrogens is 274 g/mol. The fourth-order valence-corrected chi connectivity index (χ4v) is 3.48. The molecule has 1 aliphatic heterocycles. The van der Waals surface area contributed by atoms with Gasteiger partial charge in [-0.15, -0.1) is 5.06 Å². The van der Waals surface area contributed by atoms with Crippen LogP contribution in [0.2, 0.25) is 0 Å². The molecule has 1 saturated carbocycles. The molecule has 1 spiro atoms. The molecule has 0 saturated heterocycles. The Bertz CT molecular complexity index is 606. The second-order valence-electron chi connectivity index (χ2n) is 6.06. The molecule has 21 heavy (non-hydrogen) atoms. The van der Waals surface area contributed by atoms with Gasteiger partial charge in [-0.05, 0) is 45.2 Å². The minimum absolute atomic E-state index is 0.292. The third kappa shape index (κ3) is 1.67. The summed E-state index contributed by atoms with van der Waals surface area (Å²) in [6.45, 7) is 3.49. The second kappa shape index (κ2) is 4.57. The Hall–Kier alpha value is -1.86. The molecule has 0 amide bonds. The maximum Gasteiger partial charge on any atom is 0.294 e. The van der Waals surface area contributed by atoms with Crippen LogP contribution in [0, 0.1) is 5.21 Å². The Morgan fingerprint density at radius 2 is 2.19 bits per heavy atom. The Morgan fingerprint density at radius 3 is 2.81 bits per heavy atom. The molecule has 0 radical (unpaired) electrons. The van der Waals surface area contributed by atoms with Crippen LogP contribution in [0.4, 0.5) is 0 Å². The van der Waals surface area contributed by atoms with Crippen molar-refractivity contribution in [2.75, 3.05) is 0 Å². The highest BCUT2D eigenvalue weighted by Gasteiger charge is 2.66. The third-order valence-electron chi connectivity index (χ3n) is 4.52. The molecule has 0 bridgehead atoms. The smallest absolute Gasteiger partial charge is 0.294 e. The Kier molecular flexibility index (Phi) is 3.07. The maximum atomic E-state index is 13.0. The topological polar surface area (TPSA) is 95.3 Å². The summed E-state index contributed by atoms with van der Waals surface area (Å²) in [5, 5.41) is 37.3. The number of rotatable bonds is 1. The van der Waals surface area contributed by atoms with Gasteiger partial charge >= 0.3 is 0 Å². The molecule has 2 N–H and O–H groups in total. The maximum absolute atomic E-state index is 13.0. The number of oxime groups is 1. The van der Waals surface area contributed by atoms with E-state index in [4.69, 9.17) is 4.42 Å². The van der Waals surface area contributed by atoms with E-state index in [0.29, 0.717) is 30.0 Å². The van der Waals surface area contributed by atoms with Crippen LogP contribution in [-0.4, -0.2) is 42.8 Å². The zero-order valence-corrected chi connectivity index (χ0v) is 12.1. The van der Waals surface area contributed by atoms with Crippen LogP contribution in [0.1, 0.15) is 45.3 Å². The summed E-state index contributed by atoms with van der Waals surface area (Å²) < 4.78 is 6.11. The predicted octanol–water partition coefficient (Wildman–Crippen LogP) is 2.16. The van der Waals surface area contributed by atoms with E-state index in [1.165, 1.54) is 6.26 Å². The lowest BCUT2D eigenvalue weighted by atomic mass is 9.86. The quantitative estimate of drug-likeness (QED) is 0.358. The summed E-state index contributed by atoms with van der Waals surface area (Å²) in [6.07, 6.45) is 3.98. The van der Waals surface area contributed by atoms with Crippen molar-refractivity contribution in [2.24, 2.45) is 5.16 Å². The molecule has 1 atom stereocenters. The van der Waals surface area contributed by atoms with Gasteiger partial charge in [0.2, 0.25) is 0 Å². The van der Waals surface area contributed by atoms with E-state index >= 15 is 0 Å². The number of hydroxylamine groups is 3. The van der Waals surface area contributed by atoms with Crippen molar-refractivity contribution in [1.82, 2.24) is 5.06 Å². The molecule has 2 heterocycles. The van der Waals surface area contributed by atoms with Crippen LogP contribution >= 0.6 is 0 Å². The normalized spacial score (nSPS) is 31.5. The van der Waals surface area contributed by atoms with Gasteiger partial charge in [0.25, 0.3) is 11.4 Å². The molecule has 7 heteroatoms. The van der Waals surface area contributed by atoms with Crippen LogP contribution in [0.3, 0.4) is 0 Å². The first kappa shape index (κ1) is 14.1. The van der Waals surface area contributed by atoms with Crippen LogP contribution in [0.5, 0.6) is 0 Å². The first-order chi connectivity index (χ1) is 9.96. The predicted molar refractivity (Wildman–Crippen MR) is 74.6 cm³/mol. The zero-order valence-electron chi connectivity index (χ0n) is 12.1. The summed E-state index contributed by atoms with van der Waals surface area (Å²) >= 11 is 0. The lowest BCUT2D eigenvalue weighted by molar-refractivity contribution is -0.569. The van der Waals surface area contributed by atoms with Crippen molar-refractivity contribution < 1.29 is 19.6 Å². The Balaban J connectivity index is 2.23. The second-order valence-corrected chi connectivity index (χ2v) is 6.06. The molecule has 1 aromatic rings. The lowest BCUT2D eigenvalue weighted by Crippen LogP contribution is -2.60. The SMILES string of the molecule is CC1(C)C(c2ccco2)=[N+]([O-])[C@]2(CCCC/C2=N\O)N1O. The van der Waals surface area contributed by atoms with Crippen molar-refractivity contribution in [3.8, 4) is 0 Å². The van der Waals surface area contributed by atoms with Crippen molar-refractivity contribution in [3.05, 3.63) is 29.4 Å². The van der Waals surface area contributed by atoms with Crippen LogP contribution in [-0.2, 0) is 0 Å². The van der Waals surface area contributed by atoms with Gasteiger partial charge in [-0.3, -0.25) is 0 Å². The molecule has 3 rings (SSSR count). The molecule has 0 unspecified atom stereocenters. The molecular formula is C14H19N3O4. The number of furan rings is 1. The first-order valence-electron chi connectivity index (χ1n) is 7.05. The number of nitrogens with zero attached hydrogens (tertiary/aromatic N) is 3. The summed E-state index contributed by atoms with van der Waals surface area (Å²) in [4.78, 5) is 0. The van der Waals surface area contributed by atoms with Gasteiger partial charge in [0.15, 0.2) is 5.76 Å². The molecule has 1 fully saturated rings. The van der Waals surface area contributed by atoms with E-state index < -0.39 is 11.2 Å². The van der Waals surface area contributed by atoms with Gasteiger partial charge in [-0.2, -0.15) is 4.74 Å². The Morgan fingerprint density at radius 1 is 1.43 bits per heavy atom. The van der Waals surface area contributed by atoms with Crippen LogP contribution < -0.4 is 0 Å². The van der Waals surface area contributed by atoms with Crippen LogP contribution in [0.15, 0.2) is 28.0 Å². The molecule has 114 valence electrons. The van der Waals surface area contributed by atoms with Gasteiger partial charge in [0.1, 0.15) is 11.3 Å². The van der Waals surface area contributed by atoms with Gasteiger partial charge in [-0.1, -0.05) is 5.16 Å². The Labute approximate surface area is 122 Å². The van der Waals surface area contributed by atoms with Gasteiger partial charge in [0, 0.05) is 6.42 Å². The van der Waals surface area contributed by atoms with Crippen molar-refractivity contribution in [3.63, 3.8) is 0 Å². The highest BCUT2D eigenvalue weighted by molar-refractivity contribution is 6.05. The molecule has 1 aromatic heterocycles. The summed E-state index contributed by atoms with van der Waals surface area (Å²) in [5.41, 5.74) is -1.68. The monoisotopic (exact) mass is 293 g/mol. The van der Waals surface area contributed by atoms with Gasteiger partial charge in [-0.25, -0.2) is 0 Å². The summed E-state index contributed by atoms with van der Waals surface area (Å²) in [6, 6.07) is 3.38. The lowest BCUT2D eigenvalue weighted by Gasteiger charge is -2.38. The van der Waals surface area contributed by atoms with Crippen LogP contribution in [0.25, 0.3) is 0 Å². The average molecular weight is 293 g/mol. The highest BCUT2D eigenvalue weighted by Crippen LogP contribution is 2.42. The van der Waals surface area contributed by atoms with E-state index in [0.717, 1.165) is 22.6 Å². The molecule has 0 aromatic carbocycles. The number of hydrogen-bond acceptors (Lipinski definition) is 6. The standard InChI is InChI=1S/C14H19N3O4/c1-13(2)12(10-6-5-9-21-10)16(19)14(17(13)20)8-4-3-7-11(14)15-18/h5-6,9,18,20H,3-4,7-8H2,1-2H3/b15-11+/t14-/m1/s1. The minimum atomic E-state index is -1.35. The van der Waals surface area contributed by atoms with Gasteiger partial charge in [0.05, 0.1) is 6.26 Å². The molecule has 2 aliphatic rings. The fourth-order valence-electron chi connectivity index (χ4n) is 3.48. The largest absolute Gasteiger partial charge is 0.622 e. The van der Waals surface area contributed by atoms with E-state index in [2.05, 4.69) is 5.16 Å². The third-order valence-corrected chi connectivity index (χ3v) is 4.52. The summed E-state index contributed by atoms with van der Waals surface area (Å²) in [7, 11) is 0.